The molecule has 7 nitrogen and oxygen atoms in total. The number of carbonyl (C=O) groups is 3. The molecule has 0 saturated heterocycles. The second-order valence-electron chi connectivity index (χ2n) is 9.96. The van der Waals surface area contributed by atoms with Crippen molar-refractivity contribution in [3.8, 4) is 0 Å². The summed E-state index contributed by atoms with van der Waals surface area (Å²) in [6.07, 6.45) is 13.7. The van der Waals surface area contributed by atoms with Gasteiger partial charge >= 0.3 is 11.9 Å². The molecule has 1 aliphatic rings. The topological polar surface area (TPSA) is 110 Å². The average molecular weight is 517 g/mol. The summed E-state index contributed by atoms with van der Waals surface area (Å²) >= 11 is 0. The smallest absolute Gasteiger partial charge is 0.331 e. The fourth-order valence-electron chi connectivity index (χ4n) is 4.04. The molecular formula is C30H44O7. The van der Waals surface area contributed by atoms with E-state index in [1.807, 2.05) is 26.8 Å². The Labute approximate surface area is 221 Å². The molecule has 0 aromatic rings. The van der Waals surface area contributed by atoms with Crippen LogP contribution >= 0.6 is 0 Å². The molecule has 0 saturated carbocycles. The summed E-state index contributed by atoms with van der Waals surface area (Å²) in [4.78, 5) is 37.4. The minimum atomic E-state index is -1.08. The molecule has 37 heavy (non-hydrogen) atoms. The molecule has 0 amide bonds. The summed E-state index contributed by atoms with van der Waals surface area (Å²) in [6.45, 7) is 12.5. The number of ether oxygens (including phenoxy) is 2. The van der Waals surface area contributed by atoms with E-state index in [0.717, 1.165) is 0 Å². The lowest BCUT2D eigenvalue weighted by atomic mass is 9.82. The van der Waals surface area contributed by atoms with Gasteiger partial charge < -0.3 is 19.7 Å². The zero-order valence-electron chi connectivity index (χ0n) is 23.1. The first-order valence-electron chi connectivity index (χ1n) is 13.1. The van der Waals surface area contributed by atoms with Crippen LogP contribution in [0.2, 0.25) is 0 Å². The molecule has 0 spiro atoms. The van der Waals surface area contributed by atoms with E-state index in [1.54, 1.807) is 64.2 Å². The van der Waals surface area contributed by atoms with Crippen molar-refractivity contribution < 1.29 is 34.1 Å². The van der Waals surface area contributed by atoms with E-state index >= 15 is 0 Å². The van der Waals surface area contributed by atoms with Crippen LogP contribution in [0.1, 0.15) is 54.9 Å². The van der Waals surface area contributed by atoms with Crippen molar-refractivity contribution in [1.29, 1.82) is 0 Å². The van der Waals surface area contributed by atoms with E-state index in [4.69, 9.17) is 9.47 Å². The van der Waals surface area contributed by atoms with Crippen LogP contribution in [0.25, 0.3) is 0 Å². The van der Waals surface area contributed by atoms with E-state index in [1.165, 1.54) is 18.2 Å². The number of hydrogen-bond acceptors (Lipinski definition) is 7. The number of ketones is 1. The maximum Gasteiger partial charge on any atom is 0.331 e. The molecule has 2 N–H and O–H groups in total. The van der Waals surface area contributed by atoms with Gasteiger partial charge in [0.25, 0.3) is 0 Å². The number of carbonyl (C=O) groups excluding carboxylic acids is 3. The predicted molar refractivity (Wildman–Crippen MR) is 144 cm³/mol. The van der Waals surface area contributed by atoms with Crippen LogP contribution in [-0.4, -0.2) is 52.4 Å². The molecule has 0 aromatic heterocycles. The predicted octanol–water partition coefficient (Wildman–Crippen LogP) is 4.51. The first kappa shape index (κ1) is 32.3. The van der Waals surface area contributed by atoms with Crippen LogP contribution in [0.5, 0.6) is 0 Å². The van der Waals surface area contributed by atoms with Crippen molar-refractivity contribution in [2.75, 3.05) is 0 Å². The van der Waals surface area contributed by atoms with Gasteiger partial charge in [0.15, 0.2) is 5.78 Å². The van der Waals surface area contributed by atoms with E-state index in [9.17, 15) is 24.6 Å². The third-order valence-electron chi connectivity index (χ3n) is 6.95. The van der Waals surface area contributed by atoms with Gasteiger partial charge in [0.2, 0.25) is 0 Å². The largest absolute Gasteiger partial charge is 0.459 e. The van der Waals surface area contributed by atoms with Gasteiger partial charge in [0, 0.05) is 41.7 Å². The van der Waals surface area contributed by atoms with E-state index in [-0.39, 0.29) is 29.6 Å². The van der Waals surface area contributed by atoms with Crippen molar-refractivity contribution in [1.82, 2.24) is 0 Å². The fourth-order valence-corrected chi connectivity index (χ4v) is 4.04. The minimum absolute atomic E-state index is 0.0642. The minimum Gasteiger partial charge on any atom is -0.459 e. The summed E-state index contributed by atoms with van der Waals surface area (Å²) in [6, 6.07) is 0. The standard InChI is InChI=1S/C30H44O7/c1-8-25(23(6)31)17-18-26(32)21(4)29(35)22(5)30-20(3)14-10-12-15-27(33)36-24(7)19(2)13-9-11-16-28(34)37-30/h9-25,29-31,35H,8H2,1-7H3/t19-,20-,21+,22-,23+,24?,25-,29-,30?/m0/s1. The average Bonchev–Trinajstić information content (AvgIpc) is 2.85. The monoisotopic (exact) mass is 516 g/mol. The van der Waals surface area contributed by atoms with Crippen molar-refractivity contribution >= 4 is 17.7 Å². The second kappa shape index (κ2) is 16.2. The Hall–Kier alpha value is -2.77. The van der Waals surface area contributed by atoms with Gasteiger partial charge in [-0.05, 0) is 26.3 Å². The second-order valence-corrected chi connectivity index (χ2v) is 9.96. The Morgan fingerprint density at radius 3 is 2.00 bits per heavy atom. The molecule has 1 aliphatic heterocycles. The Morgan fingerprint density at radius 2 is 1.46 bits per heavy atom. The van der Waals surface area contributed by atoms with Crippen LogP contribution in [0, 0.1) is 29.6 Å². The summed E-state index contributed by atoms with van der Waals surface area (Å²) in [5.74, 6) is -3.16. The van der Waals surface area contributed by atoms with Gasteiger partial charge in [-0.15, -0.1) is 0 Å². The Bertz CT molecular complexity index is 896. The number of rotatable bonds is 8. The molecule has 7 heteroatoms. The quantitative estimate of drug-likeness (QED) is 0.361. The highest BCUT2D eigenvalue weighted by atomic mass is 16.5. The lowest BCUT2D eigenvalue weighted by molar-refractivity contribution is -0.151. The zero-order valence-corrected chi connectivity index (χ0v) is 23.1. The van der Waals surface area contributed by atoms with E-state index in [0.29, 0.717) is 6.42 Å². The molecule has 1 heterocycles. The molecule has 0 aromatic carbocycles. The van der Waals surface area contributed by atoms with Gasteiger partial charge in [0.05, 0.1) is 12.2 Å². The first-order chi connectivity index (χ1) is 17.4. The zero-order chi connectivity index (χ0) is 28.1. The van der Waals surface area contributed by atoms with E-state index in [2.05, 4.69) is 0 Å². The molecule has 0 radical (unpaired) electrons. The third kappa shape index (κ3) is 11.0. The summed E-state index contributed by atoms with van der Waals surface area (Å²) < 4.78 is 11.1. The molecule has 2 unspecified atom stereocenters. The van der Waals surface area contributed by atoms with Crippen LogP contribution in [0.15, 0.2) is 60.8 Å². The highest BCUT2D eigenvalue weighted by Crippen LogP contribution is 2.26. The first-order valence-corrected chi connectivity index (χ1v) is 13.1. The van der Waals surface area contributed by atoms with Crippen LogP contribution in [0.3, 0.4) is 0 Å². The third-order valence-corrected chi connectivity index (χ3v) is 6.95. The SMILES string of the molecule is CC[C@@H](C=CC(=O)[C@@H](C)[C@H](O)[C@H](C)C1OC(=O)C=CC=C[C@H](C)C(C)OC(=O)C=CC=C[C@@H]1C)[C@@H](C)O. The molecule has 1 rings (SSSR count). The number of aliphatic hydroxyl groups excluding tert-OH is 2. The number of esters is 2. The lowest BCUT2D eigenvalue weighted by Gasteiger charge is -2.32. The van der Waals surface area contributed by atoms with Gasteiger partial charge in [-0.2, -0.15) is 0 Å². The lowest BCUT2D eigenvalue weighted by Crippen LogP contribution is -2.41. The van der Waals surface area contributed by atoms with Crippen molar-refractivity contribution in [3.63, 3.8) is 0 Å². The molecule has 0 bridgehead atoms. The van der Waals surface area contributed by atoms with Gasteiger partial charge in [-0.1, -0.05) is 77.2 Å². The highest BCUT2D eigenvalue weighted by Gasteiger charge is 2.35. The highest BCUT2D eigenvalue weighted by molar-refractivity contribution is 5.92. The van der Waals surface area contributed by atoms with Crippen LogP contribution < -0.4 is 0 Å². The summed E-state index contributed by atoms with van der Waals surface area (Å²) in [7, 11) is 0. The maximum atomic E-state index is 12.8. The molecule has 206 valence electrons. The Balaban J connectivity index is 3.14. The van der Waals surface area contributed by atoms with Crippen LogP contribution in [0.4, 0.5) is 0 Å². The Kier molecular flexibility index (Phi) is 14.1. The molecule has 0 fully saturated rings. The number of hydrogen-bond donors (Lipinski definition) is 2. The van der Waals surface area contributed by atoms with Crippen molar-refractivity contribution in [2.24, 2.45) is 29.6 Å². The molecule has 9 atom stereocenters. The Morgan fingerprint density at radius 1 is 0.919 bits per heavy atom. The van der Waals surface area contributed by atoms with Gasteiger partial charge in [0.1, 0.15) is 12.2 Å². The maximum absolute atomic E-state index is 12.8. The fraction of sp³-hybridized carbons (Fsp3) is 0.567. The van der Waals surface area contributed by atoms with Crippen LogP contribution in [-0.2, 0) is 23.9 Å². The van der Waals surface area contributed by atoms with Gasteiger partial charge in [-0.25, -0.2) is 9.59 Å². The number of cyclic esters (lactones) is 2. The van der Waals surface area contributed by atoms with Gasteiger partial charge in [-0.3, -0.25) is 4.79 Å². The summed E-state index contributed by atoms with van der Waals surface area (Å²) in [5, 5.41) is 20.9. The molecular weight excluding hydrogens is 472 g/mol. The molecule has 0 aliphatic carbocycles. The van der Waals surface area contributed by atoms with Crippen molar-refractivity contribution in [2.45, 2.75) is 79.3 Å². The normalized spacial score (nSPS) is 27.8. The number of aliphatic hydroxyl groups is 2. The van der Waals surface area contributed by atoms with Crippen molar-refractivity contribution in [3.05, 3.63) is 60.8 Å². The number of allylic oxidation sites excluding steroid dienone is 5. The summed E-state index contributed by atoms with van der Waals surface area (Å²) in [5.41, 5.74) is 0. The van der Waals surface area contributed by atoms with E-state index < -0.39 is 42.1 Å².